The van der Waals surface area contributed by atoms with Crippen LogP contribution in [0.3, 0.4) is 0 Å². The SMILES string of the molecule is CN1CC(O)N(c2nc3c(s2)C(=O)CC(c2ccccc2)C3)C1=O. The molecule has 1 aliphatic carbocycles. The lowest BCUT2D eigenvalue weighted by molar-refractivity contribution is 0.0968. The van der Waals surface area contributed by atoms with Crippen molar-refractivity contribution in [3.8, 4) is 0 Å². The van der Waals surface area contributed by atoms with Crippen LogP contribution in [-0.2, 0) is 6.42 Å². The van der Waals surface area contributed by atoms with Gasteiger partial charge in [-0.1, -0.05) is 41.7 Å². The van der Waals surface area contributed by atoms with Crippen molar-refractivity contribution in [2.24, 2.45) is 0 Å². The first-order valence-corrected chi connectivity index (χ1v) is 8.66. The molecule has 1 saturated heterocycles. The summed E-state index contributed by atoms with van der Waals surface area (Å²) in [7, 11) is 1.63. The summed E-state index contributed by atoms with van der Waals surface area (Å²) < 4.78 is 0. The number of aliphatic hydroxyl groups is 1. The number of fused-ring (bicyclic) bond motifs is 1. The van der Waals surface area contributed by atoms with E-state index in [-0.39, 0.29) is 24.3 Å². The number of rotatable bonds is 2. The average molecular weight is 343 g/mol. The third kappa shape index (κ3) is 2.40. The van der Waals surface area contributed by atoms with Gasteiger partial charge in [-0.2, -0.15) is 0 Å². The van der Waals surface area contributed by atoms with Gasteiger partial charge in [0.2, 0.25) is 0 Å². The summed E-state index contributed by atoms with van der Waals surface area (Å²) in [6.07, 6.45) is 0.208. The number of Topliss-reactive ketones (excluding diaryl/α,β-unsaturated/α-hetero) is 1. The Morgan fingerprint density at radius 2 is 1.96 bits per heavy atom. The standard InChI is InChI=1S/C17H17N3O3S/c1-19-9-14(22)20(17(19)23)16-18-12-7-11(8-13(21)15(12)24-16)10-5-3-2-4-6-10/h2-6,11,14,22H,7-9H2,1H3. The molecule has 2 aromatic rings. The number of aromatic nitrogens is 1. The fourth-order valence-corrected chi connectivity index (χ4v) is 4.39. The highest BCUT2D eigenvalue weighted by molar-refractivity contribution is 7.17. The van der Waals surface area contributed by atoms with Gasteiger partial charge in [0, 0.05) is 13.5 Å². The molecule has 1 fully saturated rings. The molecule has 1 aliphatic heterocycles. The summed E-state index contributed by atoms with van der Waals surface area (Å²) in [5.74, 6) is 0.173. The maximum atomic E-state index is 12.5. The minimum absolute atomic E-state index is 0.0587. The Bertz CT molecular complexity index is 805. The zero-order chi connectivity index (χ0) is 16.8. The molecular weight excluding hydrogens is 326 g/mol. The number of nitrogens with zero attached hydrogens (tertiary/aromatic N) is 3. The quantitative estimate of drug-likeness (QED) is 0.908. The van der Waals surface area contributed by atoms with Gasteiger partial charge in [0.15, 0.2) is 17.1 Å². The number of carbonyl (C=O) groups is 2. The van der Waals surface area contributed by atoms with Crippen LogP contribution in [0.4, 0.5) is 9.93 Å². The summed E-state index contributed by atoms with van der Waals surface area (Å²) >= 11 is 1.21. The van der Waals surface area contributed by atoms with Gasteiger partial charge in [-0.3, -0.25) is 4.79 Å². The third-order valence-electron chi connectivity index (χ3n) is 4.56. The molecule has 2 heterocycles. The van der Waals surface area contributed by atoms with Crippen LogP contribution in [0.25, 0.3) is 0 Å². The van der Waals surface area contributed by atoms with E-state index < -0.39 is 6.23 Å². The molecule has 1 N–H and O–H groups in total. The van der Waals surface area contributed by atoms with E-state index in [1.165, 1.54) is 21.1 Å². The highest BCUT2D eigenvalue weighted by Gasteiger charge is 2.39. The lowest BCUT2D eigenvalue weighted by Gasteiger charge is -2.20. The molecule has 124 valence electrons. The molecule has 2 amide bonds. The molecular formula is C17H17N3O3S. The van der Waals surface area contributed by atoms with Gasteiger partial charge >= 0.3 is 6.03 Å². The number of amides is 2. The van der Waals surface area contributed by atoms with Gasteiger partial charge in [-0.25, -0.2) is 14.7 Å². The number of hydrogen-bond donors (Lipinski definition) is 1. The first-order chi connectivity index (χ1) is 11.5. The predicted molar refractivity (Wildman–Crippen MR) is 90.5 cm³/mol. The van der Waals surface area contributed by atoms with E-state index in [1.807, 2.05) is 30.3 Å². The lowest BCUT2D eigenvalue weighted by Crippen LogP contribution is -2.34. The number of urea groups is 1. The van der Waals surface area contributed by atoms with Crippen molar-refractivity contribution < 1.29 is 14.7 Å². The number of hydrogen-bond acceptors (Lipinski definition) is 5. The Morgan fingerprint density at radius 3 is 2.62 bits per heavy atom. The summed E-state index contributed by atoms with van der Waals surface area (Å²) in [5, 5.41) is 10.5. The van der Waals surface area contributed by atoms with E-state index in [0.29, 0.717) is 22.9 Å². The maximum Gasteiger partial charge on any atom is 0.328 e. The number of likely N-dealkylation sites (N-methyl/N-ethyl adjacent to an activating group) is 1. The second kappa shape index (κ2) is 5.68. The van der Waals surface area contributed by atoms with E-state index in [1.54, 1.807) is 7.05 Å². The number of aliphatic hydroxyl groups excluding tert-OH is 1. The van der Waals surface area contributed by atoms with E-state index in [9.17, 15) is 14.7 Å². The zero-order valence-corrected chi connectivity index (χ0v) is 14.0. The first kappa shape index (κ1) is 15.3. The van der Waals surface area contributed by atoms with Gasteiger partial charge in [-0.15, -0.1) is 0 Å². The van der Waals surface area contributed by atoms with Crippen molar-refractivity contribution in [1.29, 1.82) is 0 Å². The van der Waals surface area contributed by atoms with Crippen LogP contribution < -0.4 is 4.90 Å². The minimum atomic E-state index is -0.921. The number of thiazole rings is 1. The van der Waals surface area contributed by atoms with Crippen LogP contribution in [0.1, 0.15) is 33.3 Å². The van der Waals surface area contributed by atoms with Crippen LogP contribution in [0.2, 0.25) is 0 Å². The number of anilines is 1. The summed E-state index contributed by atoms with van der Waals surface area (Å²) in [4.78, 5) is 32.5. The van der Waals surface area contributed by atoms with Gasteiger partial charge in [0.1, 0.15) is 0 Å². The monoisotopic (exact) mass is 343 g/mol. The molecule has 1 aromatic heterocycles. The van der Waals surface area contributed by atoms with Gasteiger partial charge in [0.05, 0.1) is 17.1 Å². The Hall–Kier alpha value is -2.25. The van der Waals surface area contributed by atoms with Crippen molar-refractivity contribution in [2.75, 3.05) is 18.5 Å². The topological polar surface area (TPSA) is 73.7 Å². The molecule has 2 atom stereocenters. The highest BCUT2D eigenvalue weighted by Crippen LogP contribution is 2.38. The molecule has 24 heavy (non-hydrogen) atoms. The average Bonchev–Trinajstić information content (AvgIpc) is 3.09. The summed E-state index contributed by atoms with van der Waals surface area (Å²) in [5.41, 5.74) is 1.86. The van der Waals surface area contributed by atoms with Crippen LogP contribution in [-0.4, -0.2) is 46.6 Å². The predicted octanol–water partition coefficient (Wildman–Crippen LogP) is 2.25. The van der Waals surface area contributed by atoms with Crippen LogP contribution in [0.5, 0.6) is 0 Å². The number of β-amino-alcohol motifs (C(OH)–C–C–N with tert-alkyl or cyclic N) is 1. The maximum absolute atomic E-state index is 12.5. The Balaban J connectivity index is 1.66. The van der Waals surface area contributed by atoms with Crippen molar-refractivity contribution in [2.45, 2.75) is 25.0 Å². The molecule has 2 aliphatic rings. The van der Waals surface area contributed by atoms with Crippen molar-refractivity contribution in [3.63, 3.8) is 0 Å². The van der Waals surface area contributed by atoms with Crippen molar-refractivity contribution in [1.82, 2.24) is 9.88 Å². The smallest absolute Gasteiger partial charge is 0.328 e. The molecule has 0 bridgehead atoms. The van der Waals surface area contributed by atoms with Gasteiger partial charge in [0.25, 0.3) is 0 Å². The van der Waals surface area contributed by atoms with Crippen LogP contribution >= 0.6 is 11.3 Å². The number of benzene rings is 1. The number of carbonyl (C=O) groups excluding carboxylic acids is 2. The van der Waals surface area contributed by atoms with Crippen LogP contribution in [0, 0.1) is 0 Å². The fraction of sp³-hybridized carbons (Fsp3) is 0.353. The molecule has 1 aromatic carbocycles. The van der Waals surface area contributed by atoms with E-state index >= 15 is 0 Å². The Labute approximate surface area is 143 Å². The summed E-state index contributed by atoms with van der Waals surface area (Å²) in [6, 6.07) is 9.66. The molecule has 2 unspecified atom stereocenters. The fourth-order valence-electron chi connectivity index (χ4n) is 3.31. The van der Waals surface area contributed by atoms with E-state index in [4.69, 9.17) is 0 Å². The number of ketones is 1. The van der Waals surface area contributed by atoms with Crippen LogP contribution in [0.15, 0.2) is 30.3 Å². The van der Waals surface area contributed by atoms with Crippen molar-refractivity contribution in [3.05, 3.63) is 46.5 Å². The molecule has 0 radical (unpaired) electrons. The van der Waals surface area contributed by atoms with E-state index in [2.05, 4.69) is 4.98 Å². The normalized spacial score (nSPS) is 23.8. The molecule has 0 saturated carbocycles. The zero-order valence-electron chi connectivity index (χ0n) is 13.2. The Morgan fingerprint density at radius 1 is 1.21 bits per heavy atom. The second-order valence-corrected chi connectivity index (χ2v) is 7.20. The van der Waals surface area contributed by atoms with Gasteiger partial charge in [-0.05, 0) is 17.9 Å². The lowest BCUT2D eigenvalue weighted by atomic mass is 9.85. The van der Waals surface area contributed by atoms with Gasteiger partial charge < -0.3 is 10.0 Å². The molecule has 0 spiro atoms. The first-order valence-electron chi connectivity index (χ1n) is 7.85. The minimum Gasteiger partial charge on any atom is -0.371 e. The Kier molecular flexibility index (Phi) is 3.62. The second-order valence-electron chi connectivity index (χ2n) is 6.23. The largest absolute Gasteiger partial charge is 0.371 e. The molecule has 6 nitrogen and oxygen atoms in total. The summed E-state index contributed by atoms with van der Waals surface area (Å²) in [6.45, 7) is 0.240. The molecule has 7 heteroatoms. The van der Waals surface area contributed by atoms with Crippen molar-refractivity contribution >= 4 is 28.3 Å². The molecule has 4 rings (SSSR count). The third-order valence-corrected chi connectivity index (χ3v) is 5.69. The van der Waals surface area contributed by atoms with E-state index in [0.717, 1.165) is 11.3 Å². The highest BCUT2D eigenvalue weighted by atomic mass is 32.1.